The fraction of sp³-hybridized carbons (Fsp3) is 0.750. The molecule has 1 aromatic heterocycles. The van der Waals surface area contributed by atoms with Crippen LogP contribution < -0.4 is 0 Å². The van der Waals surface area contributed by atoms with Crippen LogP contribution >= 0.6 is 27.5 Å². The van der Waals surface area contributed by atoms with Gasteiger partial charge in [-0.25, -0.2) is 4.98 Å². The fourth-order valence-electron chi connectivity index (χ4n) is 1.10. The molecule has 1 atom stereocenters. The highest BCUT2D eigenvalue weighted by Gasteiger charge is 2.27. The Morgan fingerprint density at radius 2 is 2.42 bits per heavy atom. The van der Waals surface area contributed by atoms with Crippen LogP contribution in [0.25, 0.3) is 0 Å². The van der Waals surface area contributed by atoms with Crippen LogP contribution in [0.4, 0.5) is 0 Å². The highest BCUT2D eigenvalue weighted by molar-refractivity contribution is 9.09. The van der Waals surface area contributed by atoms with Gasteiger partial charge in [0.2, 0.25) is 0 Å². The molecule has 0 spiro atoms. The minimum Gasteiger partial charge on any atom is -0.224 e. The molecule has 4 heteroatoms. The third-order valence-electron chi connectivity index (χ3n) is 1.88. The molecule has 1 fully saturated rings. The minimum absolute atomic E-state index is 0.512. The Morgan fingerprint density at radius 1 is 1.67 bits per heavy atom. The lowest BCUT2D eigenvalue weighted by Crippen LogP contribution is -1.95. The molecule has 0 amide bonds. The zero-order chi connectivity index (χ0) is 8.55. The summed E-state index contributed by atoms with van der Waals surface area (Å²) in [5.74, 6) is 1.78. The molecular weight excluding hydrogens is 236 g/mol. The van der Waals surface area contributed by atoms with Gasteiger partial charge < -0.3 is 0 Å². The van der Waals surface area contributed by atoms with E-state index in [1.807, 2.05) is 0 Å². The van der Waals surface area contributed by atoms with Gasteiger partial charge in [0.15, 0.2) is 0 Å². The summed E-state index contributed by atoms with van der Waals surface area (Å²) in [7, 11) is 0. The van der Waals surface area contributed by atoms with Crippen molar-refractivity contribution in [2.24, 2.45) is 0 Å². The molecule has 1 unspecified atom stereocenters. The lowest BCUT2D eigenvalue weighted by Gasteiger charge is -1.95. The van der Waals surface area contributed by atoms with Crippen LogP contribution in [0.2, 0.25) is 0 Å². The number of rotatable bonds is 3. The van der Waals surface area contributed by atoms with Gasteiger partial charge in [0.05, 0.1) is 0 Å². The van der Waals surface area contributed by atoms with E-state index in [9.17, 15) is 0 Å². The van der Waals surface area contributed by atoms with Crippen molar-refractivity contribution in [2.75, 3.05) is 0 Å². The Balaban J connectivity index is 2.03. The van der Waals surface area contributed by atoms with Crippen LogP contribution in [-0.4, -0.2) is 14.2 Å². The molecule has 12 heavy (non-hydrogen) atoms. The highest BCUT2D eigenvalue weighted by Crippen LogP contribution is 2.38. The summed E-state index contributed by atoms with van der Waals surface area (Å²) in [6.07, 6.45) is 3.59. The van der Waals surface area contributed by atoms with Gasteiger partial charge in [0.1, 0.15) is 10.8 Å². The van der Waals surface area contributed by atoms with Crippen LogP contribution in [-0.2, 0) is 6.42 Å². The second-order valence-corrected chi connectivity index (χ2v) is 5.71. The van der Waals surface area contributed by atoms with Gasteiger partial charge in [-0.15, -0.1) is 0 Å². The zero-order valence-electron chi connectivity index (χ0n) is 6.96. The highest BCUT2D eigenvalue weighted by atomic mass is 79.9. The van der Waals surface area contributed by atoms with Crippen molar-refractivity contribution in [3.63, 3.8) is 0 Å². The molecule has 0 aromatic carbocycles. The quantitative estimate of drug-likeness (QED) is 0.767. The summed E-state index contributed by atoms with van der Waals surface area (Å²) >= 11 is 5.07. The Labute approximate surface area is 84.7 Å². The molecule has 1 saturated carbocycles. The van der Waals surface area contributed by atoms with Crippen molar-refractivity contribution < 1.29 is 0 Å². The number of nitrogens with zero attached hydrogens (tertiary/aromatic N) is 2. The first kappa shape index (κ1) is 8.63. The molecule has 0 radical (unpaired) electrons. The predicted octanol–water partition coefficient (Wildman–Crippen LogP) is 2.74. The molecule has 0 saturated heterocycles. The van der Waals surface area contributed by atoms with Gasteiger partial charge in [-0.1, -0.05) is 22.9 Å². The average molecular weight is 247 g/mol. The Bertz CT molecular complexity index is 268. The van der Waals surface area contributed by atoms with Crippen LogP contribution in [0.3, 0.4) is 0 Å². The zero-order valence-corrected chi connectivity index (χ0v) is 9.36. The third-order valence-corrected chi connectivity index (χ3v) is 2.95. The number of aromatic nitrogens is 2. The van der Waals surface area contributed by atoms with Crippen LogP contribution in [0.1, 0.15) is 36.5 Å². The Morgan fingerprint density at radius 3 is 3.00 bits per heavy atom. The molecule has 0 bridgehead atoms. The van der Waals surface area contributed by atoms with Gasteiger partial charge in [-0.2, -0.15) is 4.37 Å². The Hall–Kier alpha value is 0.0400. The Kier molecular flexibility index (Phi) is 2.46. The average Bonchev–Trinajstić information content (AvgIpc) is 2.73. The number of alkyl halides is 1. The molecule has 1 heterocycles. The van der Waals surface area contributed by atoms with Gasteiger partial charge in [0.25, 0.3) is 0 Å². The largest absolute Gasteiger partial charge is 0.224 e. The molecule has 1 aliphatic carbocycles. The SMILES string of the molecule is CC(Br)Cc1nc(C2CC2)ns1. The van der Waals surface area contributed by atoms with Gasteiger partial charge in [0, 0.05) is 17.2 Å². The van der Waals surface area contributed by atoms with Crippen LogP contribution in [0.5, 0.6) is 0 Å². The molecule has 0 N–H and O–H groups in total. The van der Waals surface area contributed by atoms with E-state index in [1.165, 1.54) is 17.8 Å². The second kappa shape index (κ2) is 3.42. The molecular formula is C8H11BrN2S. The van der Waals surface area contributed by atoms with E-state index < -0.39 is 0 Å². The smallest absolute Gasteiger partial charge is 0.145 e. The molecule has 1 aliphatic rings. The van der Waals surface area contributed by atoms with E-state index in [1.54, 1.807) is 11.5 Å². The lowest BCUT2D eigenvalue weighted by molar-refractivity contribution is 0.905. The van der Waals surface area contributed by atoms with Crippen molar-refractivity contribution in [2.45, 2.75) is 36.9 Å². The minimum atomic E-state index is 0.512. The first-order valence-electron chi connectivity index (χ1n) is 4.22. The van der Waals surface area contributed by atoms with E-state index >= 15 is 0 Å². The number of halogens is 1. The summed E-state index contributed by atoms with van der Waals surface area (Å²) in [4.78, 5) is 5.00. The molecule has 66 valence electrons. The second-order valence-electron chi connectivity index (χ2n) is 3.31. The van der Waals surface area contributed by atoms with Gasteiger partial charge in [-0.05, 0) is 24.4 Å². The van der Waals surface area contributed by atoms with Gasteiger partial charge >= 0.3 is 0 Å². The molecule has 1 aromatic rings. The monoisotopic (exact) mass is 246 g/mol. The van der Waals surface area contributed by atoms with E-state index in [4.69, 9.17) is 0 Å². The maximum atomic E-state index is 4.49. The topological polar surface area (TPSA) is 25.8 Å². The maximum Gasteiger partial charge on any atom is 0.145 e. The van der Waals surface area contributed by atoms with Crippen molar-refractivity contribution >= 4 is 27.5 Å². The first-order valence-corrected chi connectivity index (χ1v) is 5.91. The van der Waals surface area contributed by atoms with Crippen molar-refractivity contribution in [3.8, 4) is 0 Å². The van der Waals surface area contributed by atoms with E-state index in [0.29, 0.717) is 10.7 Å². The third kappa shape index (κ3) is 2.04. The maximum absolute atomic E-state index is 4.49. The summed E-state index contributed by atoms with van der Waals surface area (Å²) in [6, 6.07) is 0. The van der Waals surface area contributed by atoms with Crippen molar-refractivity contribution in [1.82, 2.24) is 9.36 Å². The normalized spacial score (nSPS) is 19.5. The predicted molar refractivity (Wildman–Crippen MR) is 54.0 cm³/mol. The van der Waals surface area contributed by atoms with Crippen molar-refractivity contribution in [3.05, 3.63) is 10.8 Å². The van der Waals surface area contributed by atoms with Gasteiger partial charge in [-0.3, -0.25) is 0 Å². The molecule has 0 aliphatic heterocycles. The summed E-state index contributed by atoms with van der Waals surface area (Å²) in [6.45, 7) is 2.14. The summed E-state index contributed by atoms with van der Waals surface area (Å²) in [5, 5.41) is 1.17. The molecule has 2 rings (SSSR count). The van der Waals surface area contributed by atoms with E-state index in [-0.39, 0.29) is 0 Å². The summed E-state index contributed by atoms with van der Waals surface area (Å²) in [5.41, 5.74) is 0. The summed E-state index contributed by atoms with van der Waals surface area (Å²) < 4.78 is 4.34. The fourth-order valence-corrected chi connectivity index (χ4v) is 2.47. The van der Waals surface area contributed by atoms with Crippen LogP contribution in [0, 0.1) is 0 Å². The lowest BCUT2D eigenvalue weighted by atomic mass is 10.3. The standard InChI is InChI=1S/C8H11BrN2S/c1-5(9)4-7-10-8(11-12-7)6-2-3-6/h5-6H,2-4H2,1H3. The van der Waals surface area contributed by atoms with E-state index in [0.717, 1.165) is 12.2 Å². The first-order chi connectivity index (χ1) is 5.75. The number of hydrogen-bond donors (Lipinski definition) is 0. The molecule has 2 nitrogen and oxygen atoms in total. The van der Waals surface area contributed by atoms with E-state index in [2.05, 4.69) is 32.2 Å². The van der Waals surface area contributed by atoms with Crippen LogP contribution in [0.15, 0.2) is 0 Å². The van der Waals surface area contributed by atoms with Crippen molar-refractivity contribution in [1.29, 1.82) is 0 Å². The number of hydrogen-bond acceptors (Lipinski definition) is 3.